The Morgan fingerprint density at radius 2 is 2.08 bits per heavy atom. The highest BCUT2D eigenvalue weighted by Gasteiger charge is 2.12. The molecule has 4 rings (SSSR count). The molecule has 0 aliphatic rings. The number of nitro groups is 1. The van der Waals surface area contributed by atoms with Crippen LogP contribution in [0.1, 0.15) is 5.82 Å². The van der Waals surface area contributed by atoms with E-state index in [4.69, 9.17) is 0 Å². The van der Waals surface area contributed by atoms with E-state index < -0.39 is 4.92 Å². The standard InChI is InChI=1S/C15H10N6O3/c1-9-17-15-16-8-12-13(20(15)18-9)5-6-19(14(12)22)10-3-2-4-11(7-10)21(23)24/h2-8H,1H3. The molecular weight excluding hydrogens is 312 g/mol. The third kappa shape index (κ3) is 2.02. The smallest absolute Gasteiger partial charge is 0.271 e. The van der Waals surface area contributed by atoms with Crippen LogP contribution in [0.4, 0.5) is 5.69 Å². The summed E-state index contributed by atoms with van der Waals surface area (Å²) in [4.78, 5) is 31.5. The number of hydrogen-bond acceptors (Lipinski definition) is 6. The van der Waals surface area contributed by atoms with Crippen LogP contribution in [0.2, 0.25) is 0 Å². The minimum absolute atomic E-state index is 0.0834. The van der Waals surface area contributed by atoms with Crippen molar-refractivity contribution in [1.29, 1.82) is 0 Å². The van der Waals surface area contributed by atoms with Gasteiger partial charge in [0, 0.05) is 24.5 Å². The Hall–Kier alpha value is -3.62. The van der Waals surface area contributed by atoms with Crippen LogP contribution in [0.5, 0.6) is 0 Å². The molecule has 0 spiro atoms. The van der Waals surface area contributed by atoms with Crippen molar-refractivity contribution >= 4 is 22.4 Å². The summed E-state index contributed by atoms with van der Waals surface area (Å²) >= 11 is 0. The molecule has 0 N–H and O–H groups in total. The first-order valence-electron chi connectivity index (χ1n) is 7.03. The topological polar surface area (TPSA) is 108 Å². The predicted molar refractivity (Wildman–Crippen MR) is 85.3 cm³/mol. The largest absolute Gasteiger partial charge is 0.283 e. The van der Waals surface area contributed by atoms with Crippen molar-refractivity contribution in [1.82, 2.24) is 24.1 Å². The van der Waals surface area contributed by atoms with Crippen molar-refractivity contribution in [3.05, 3.63) is 69.0 Å². The van der Waals surface area contributed by atoms with E-state index in [0.717, 1.165) is 0 Å². The molecule has 9 heteroatoms. The number of rotatable bonds is 2. The third-order valence-electron chi connectivity index (χ3n) is 3.66. The van der Waals surface area contributed by atoms with Gasteiger partial charge in [-0.05, 0) is 19.1 Å². The molecule has 0 radical (unpaired) electrons. The van der Waals surface area contributed by atoms with Gasteiger partial charge in [0.05, 0.1) is 21.5 Å². The van der Waals surface area contributed by atoms with E-state index in [9.17, 15) is 14.9 Å². The van der Waals surface area contributed by atoms with E-state index in [-0.39, 0.29) is 11.2 Å². The molecule has 4 aromatic rings. The van der Waals surface area contributed by atoms with Gasteiger partial charge in [-0.1, -0.05) is 6.07 Å². The van der Waals surface area contributed by atoms with Crippen molar-refractivity contribution < 1.29 is 4.92 Å². The molecule has 0 amide bonds. The van der Waals surface area contributed by atoms with E-state index in [0.29, 0.717) is 28.2 Å². The Kier molecular flexibility index (Phi) is 2.89. The number of hydrogen-bond donors (Lipinski definition) is 0. The molecule has 9 nitrogen and oxygen atoms in total. The first-order chi connectivity index (χ1) is 11.5. The number of nitrogens with zero attached hydrogens (tertiary/aromatic N) is 6. The van der Waals surface area contributed by atoms with Crippen molar-refractivity contribution in [3.8, 4) is 5.69 Å². The summed E-state index contributed by atoms with van der Waals surface area (Å²) in [6, 6.07) is 7.59. The third-order valence-corrected chi connectivity index (χ3v) is 3.66. The lowest BCUT2D eigenvalue weighted by atomic mass is 10.2. The van der Waals surface area contributed by atoms with Crippen LogP contribution in [-0.4, -0.2) is 29.1 Å². The van der Waals surface area contributed by atoms with Crippen LogP contribution in [0, 0.1) is 17.0 Å². The highest BCUT2D eigenvalue weighted by molar-refractivity contribution is 5.79. The number of non-ortho nitro benzene ring substituents is 1. The van der Waals surface area contributed by atoms with Gasteiger partial charge in [-0.2, -0.15) is 9.50 Å². The summed E-state index contributed by atoms with van der Waals surface area (Å²) < 4.78 is 2.84. The fourth-order valence-electron chi connectivity index (χ4n) is 2.58. The average Bonchev–Trinajstić information content (AvgIpc) is 2.96. The number of nitro benzene ring substituents is 1. The maximum Gasteiger partial charge on any atom is 0.271 e. The van der Waals surface area contributed by atoms with Gasteiger partial charge in [0.25, 0.3) is 17.0 Å². The summed E-state index contributed by atoms with van der Waals surface area (Å²) in [7, 11) is 0. The second-order valence-electron chi connectivity index (χ2n) is 5.20. The molecule has 0 fully saturated rings. The summed E-state index contributed by atoms with van der Waals surface area (Å²) in [6.07, 6.45) is 3.00. The van der Waals surface area contributed by atoms with Crippen LogP contribution in [0.25, 0.3) is 22.4 Å². The molecule has 24 heavy (non-hydrogen) atoms. The lowest BCUT2D eigenvalue weighted by Crippen LogP contribution is -2.19. The van der Waals surface area contributed by atoms with Gasteiger partial charge in [0.15, 0.2) is 0 Å². The normalized spacial score (nSPS) is 11.2. The molecule has 0 aliphatic heterocycles. The van der Waals surface area contributed by atoms with E-state index >= 15 is 0 Å². The second-order valence-corrected chi connectivity index (χ2v) is 5.20. The summed E-state index contributed by atoms with van der Waals surface area (Å²) in [5.41, 5.74) is 0.564. The summed E-state index contributed by atoms with van der Waals surface area (Å²) in [6.45, 7) is 1.74. The summed E-state index contributed by atoms with van der Waals surface area (Å²) in [5.74, 6) is 0.963. The van der Waals surface area contributed by atoms with Crippen LogP contribution in [0.15, 0.2) is 47.5 Å². The van der Waals surface area contributed by atoms with Crippen molar-refractivity contribution in [2.24, 2.45) is 0 Å². The van der Waals surface area contributed by atoms with Crippen molar-refractivity contribution in [2.45, 2.75) is 6.92 Å². The molecule has 0 aliphatic carbocycles. The number of aryl methyl sites for hydroxylation is 1. The van der Waals surface area contributed by atoms with Crippen LogP contribution >= 0.6 is 0 Å². The van der Waals surface area contributed by atoms with Gasteiger partial charge in [0.1, 0.15) is 5.82 Å². The highest BCUT2D eigenvalue weighted by atomic mass is 16.6. The van der Waals surface area contributed by atoms with Gasteiger partial charge in [-0.25, -0.2) is 4.98 Å². The van der Waals surface area contributed by atoms with E-state index in [1.54, 1.807) is 25.3 Å². The maximum absolute atomic E-state index is 12.8. The molecule has 3 heterocycles. The zero-order valence-corrected chi connectivity index (χ0v) is 12.4. The molecule has 0 saturated carbocycles. The summed E-state index contributed by atoms with van der Waals surface area (Å²) in [5, 5.41) is 15.5. The first-order valence-corrected chi connectivity index (χ1v) is 7.03. The van der Waals surface area contributed by atoms with E-state index in [2.05, 4.69) is 15.1 Å². The Morgan fingerprint density at radius 1 is 1.25 bits per heavy atom. The van der Waals surface area contributed by atoms with Crippen LogP contribution in [-0.2, 0) is 0 Å². The van der Waals surface area contributed by atoms with E-state index in [1.165, 1.54) is 33.5 Å². The molecule has 0 saturated heterocycles. The first kappa shape index (κ1) is 14.0. The maximum atomic E-state index is 12.8. The van der Waals surface area contributed by atoms with Crippen molar-refractivity contribution in [3.63, 3.8) is 0 Å². The molecule has 118 valence electrons. The molecule has 0 atom stereocenters. The Balaban J connectivity index is 1.99. The second kappa shape index (κ2) is 4.95. The molecule has 1 aromatic carbocycles. The molecule has 0 unspecified atom stereocenters. The Morgan fingerprint density at radius 3 is 2.88 bits per heavy atom. The molecule has 0 bridgehead atoms. The van der Waals surface area contributed by atoms with E-state index in [1.807, 2.05) is 0 Å². The lowest BCUT2D eigenvalue weighted by molar-refractivity contribution is -0.384. The quantitative estimate of drug-likeness (QED) is 0.410. The zero-order chi connectivity index (χ0) is 16.8. The van der Waals surface area contributed by atoms with Crippen LogP contribution in [0.3, 0.4) is 0 Å². The Bertz CT molecular complexity index is 1180. The number of aromatic nitrogens is 5. The van der Waals surface area contributed by atoms with Gasteiger partial charge in [-0.3, -0.25) is 19.5 Å². The number of fused-ring (bicyclic) bond motifs is 3. The van der Waals surface area contributed by atoms with Gasteiger partial charge >= 0.3 is 0 Å². The van der Waals surface area contributed by atoms with Gasteiger partial charge < -0.3 is 0 Å². The fourth-order valence-corrected chi connectivity index (χ4v) is 2.58. The van der Waals surface area contributed by atoms with Gasteiger partial charge in [-0.15, -0.1) is 5.10 Å². The van der Waals surface area contributed by atoms with Crippen LogP contribution < -0.4 is 5.56 Å². The highest BCUT2D eigenvalue weighted by Crippen LogP contribution is 2.17. The number of pyridine rings is 1. The van der Waals surface area contributed by atoms with Gasteiger partial charge in [0.2, 0.25) is 0 Å². The average molecular weight is 322 g/mol. The minimum atomic E-state index is -0.501. The molecular formula is C15H10N6O3. The zero-order valence-electron chi connectivity index (χ0n) is 12.4. The molecule has 3 aromatic heterocycles. The van der Waals surface area contributed by atoms with Crippen molar-refractivity contribution in [2.75, 3.05) is 0 Å². The minimum Gasteiger partial charge on any atom is -0.283 e. The lowest BCUT2D eigenvalue weighted by Gasteiger charge is -2.07. The predicted octanol–water partition coefficient (Wildman–Crippen LogP) is 1.65. The fraction of sp³-hybridized carbons (Fsp3) is 0.0667. The Labute approximate surface area is 134 Å². The monoisotopic (exact) mass is 322 g/mol. The number of benzene rings is 1. The SMILES string of the molecule is Cc1nc2ncc3c(=O)n(-c4cccc([N+](=O)[O-])c4)ccc3n2n1.